The van der Waals surface area contributed by atoms with Gasteiger partial charge in [0.05, 0.1) is 5.75 Å². The van der Waals surface area contributed by atoms with E-state index in [-0.39, 0.29) is 17.5 Å². The van der Waals surface area contributed by atoms with Gasteiger partial charge in [0.1, 0.15) is 5.82 Å². The Bertz CT molecular complexity index is 900. The molecule has 6 nitrogen and oxygen atoms in total. The number of aromatic nitrogens is 3. The molecule has 0 spiro atoms. The molecule has 1 aromatic heterocycles. The molecule has 3 rings (SSSR count). The van der Waals surface area contributed by atoms with E-state index < -0.39 is 0 Å². The molecule has 0 unspecified atom stereocenters. The number of thioether (sulfide) groups is 1. The summed E-state index contributed by atoms with van der Waals surface area (Å²) in [6.45, 7) is 0.609. The lowest BCUT2D eigenvalue weighted by molar-refractivity contribution is -0.118. The largest absolute Gasteiger partial charge is 0.355 e. The van der Waals surface area contributed by atoms with E-state index in [2.05, 4.69) is 27.6 Å². The van der Waals surface area contributed by atoms with Crippen molar-refractivity contribution in [1.82, 2.24) is 20.2 Å². The number of nitrogens with one attached hydrogen (secondary N) is 1. The van der Waals surface area contributed by atoms with E-state index in [1.165, 1.54) is 34.1 Å². The maximum Gasteiger partial charge on any atom is 0.230 e. The van der Waals surface area contributed by atoms with Gasteiger partial charge in [-0.2, -0.15) is 0 Å². The van der Waals surface area contributed by atoms with Crippen LogP contribution in [0.1, 0.15) is 12.0 Å². The van der Waals surface area contributed by atoms with E-state index in [1.807, 2.05) is 18.2 Å². The van der Waals surface area contributed by atoms with Gasteiger partial charge in [-0.1, -0.05) is 54.2 Å². The summed E-state index contributed by atoms with van der Waals surface area (Å²) in [7, 11) is 0. The average Bonchev–Trinajstić information content (AvgIpc) is 3.05. The lowest BCUT2D eigenvalue weighted by atomic mass is 10.1. The predicted octanol–water partition coefficient (Wildman–Crippen LogP) is 2.64. The van der Waals surface area contributed by atoms with E-state index in [9.17, 15) is 9.18 Å². The first-order valence-corrected chi connectivity index (χ1v) is 9.52. The van der Waals surface area contributed by atoms with Crippen LogP contribution in [-0.4, -0.2) is 33.1 Å². The number of nitrogens with zero attached hydrogens (tertiary/aromatic N) is 3. The maximum absolute atomic E-state index is 13.3. The summed E-state index contributed by atoms with van der Waals surface area (Å²) in [6.07, 6.45) is 1.79. The Morgan fingerprint density at radius 3 is 2.74 bits per heavy atom. The summed E-state index contributed by atoms with van der Waals surface area (Å²) in [5.74, 6) is 6.04. The van der Waals surface area contributed by atoms with Crippen LogP contribution in [0, 0.1) is 5.82 Å². The molecule has 0 atom stereocenters. The highest BCUT2D eigenvalue weighted by atomic mass is 32.2. The predicted molar refractivity (Wildman–Crippen MR) is 104 cm³/mol. The van der Waals surface area contributed by atoms with Gasteiger partial charge in [-0.05, 0) is 30.5 Å². The zero-order valence-corrected chi connectivity index (χ0v) is 15.5. The minimum absolute atomic E-state index is 0.0941. The second kappa shape index (κ2) is 9.18. The number of halogens is 1. The smallest absolute Gasteiger partial charge is 0.230 e. The van der Waals surface area contributed by atoms with Crippen molar-refractivity contribution in [3.63, 3.8) is 0 Å². The molecule has 8 heteroatoms. The van der Waals surface area contributed by atoms with Crippen LogP contribution >= 0.6 is 11.8 Å². The standard InChI is InChI=1S/C19H20FN5OS/c20-16-10-4-9-15(12-16)18-23-24-19(25(18)21)27-13-17(26)22-11-5-8-14-6-2-1-3-7-14/h1-4,6-7,9-10,12H,5,8,11,13,21H2,(H,22,26). The molecule has 0 aliphatic rings. The molecule has 1 amide bonds. The highest BCUT2D eigenvalue weighted by Crippen LogP contribution is 2.21. The summed E-state index contributed by atoms with van der Waals surface area (Å²) >= 11 is 1.19. The van der Waals surface area contributed by atoms with Crippen LogP contribution in [0.5, 0.6) is 0 Å². The van der Waals surface area contributed by atoms with Crippen molar-refractivity contribution >= 4 is 17.7 Å². The van der Waals surface area contributed by atoms with Gasteiger partial charge in [-0.15, -0.1) is 10.2 Å². The molecule has 27 heavy (non-hydrogen) atoms. The Morgan fingerprint density at radius 2 is 1.96 bits per heavy atom. The third kappa shape index (κ3) is 5.30. The van der Waals surface area contributed by atoms with Crippen LogP contribution in [0.4, 0.5) is 4.39 Å². The van der Waals surface area contributed by atoms with Crippen LogP contribution in [0.15, 0.2) is 59.8 Å². The van der Waals surface area contributed by atoms with Crippen molar-refractivity contribution in [3.05, 3.63) is 66.0 Å². The average molecular weight is 385 g/mol. The van der Waals surface area contributed by atoms with Gasteiger partial charge in [-0.25, -0.2) is 9.07 Å². The van der Waals surface area contributed by atoms with Crippen molar-refractivity contribution in [2.75, 3.05) is 18.1 Å². The molecule has 3 N–H and O–H groups in total. The first-order chi connectivity index (χ1) is 13.1. The molecule has 2 aromatic carbocycles. The Labute approximate surface area is 161 Å². The van der Waals surface area contributed by atoms with Crippen molar-refractivity contribution in [3.8, 4) is 11.4 Å². The molecular formula is C19H20FN5OS. The number of nitrogens with two attached hydrogens (primary N) is 1. The SMILES string of the molecule is Nn1c(SCC(=O)NCCCc2ccccc2)nnc1-c1cccc(F)c1. The highest BCUT2D eigenvalue weighted by Gasteiger charge is 2.14. The van der Waals surface area contributed by atoms with Crippen molar-refractivity contribution in [2.24, 2.45) is 0 Å². The molecule has 1 heterocycles. The van der Waals surface area contributed by atoms with Crippen LogP contribution in [0.25, 0.3) is 11.4 Å². The van der Waals surface area contributed by atoms with Gasteiger partial charge in [-0.3, -0.25) is 4.79 Å². The van der Waals surface area contributed by atoms with E-state index in [4.69, 9.17) is 5.84 Å². The normalized spacial score (nSPS) is 10.7. The number of hydrogen-bond donors (Lipinski definition) is 2. The van der Waals surface area contributed by atoms with Gasteiger partial charge < -0.3 is 11.2 Å². The highest BCUT2D eigenvalue weighted by molar-refractivity contribution is 7.99. The first kappa shape index (κ1) is 18.9. The Morgan fingerprint density at radius 1 is 1.15 bits per heavy atom. The molecule has 140 valence electrons. The maximum atomic E-state index is 13.3. The zero-order chi connectivity index (χ0) is 19.1. The molecule has 3 aromatic rings. The van der Waals surface area contributed by atoms with E-state index in [0.717, 1.165) is 12.8 Å². The minimum atomic E-state index is -0.375. The topological polar surface area (TPSA) is 85.8 Å². The molecule has 0 saturated heterocycles. The summed E-state index contributed by atoms with van der Waals surface area (Å²) in [6, 6.07) is 16.1. The second-order valence-electron chi connectivity index (χ2n) is 5.91. The molecule has 0 fully saturated rings. The lowest BCUT2D eigenvalue weighted by Crippen LogP contribution is -2.26. The Hall–Kier alpha value is -2.87. The molecule has 0 aliphatic heterocycles. The van der Waals surface area contributed by atoms with Crippen molar-refractivity contribution < 1.29 is 9.18 Å². The molecule has 0 bridgehead atoms. The van der Waals surface area contributed by atoms with Gasteiger partial charge in [0.15, 0.2) is 5.82 Å². The number of nitrogen functional groups attached to an aromatic ring is 1. The lowest BCUT2D eigenvalue weighted by Gasteiger charge is -2.06. The number of carbonyl (C=O) groups is 1. The second-order valence-corrected chi connectivity index (χ2v) is 6.86. The molecule has 0 saturated carbocycles. The molecule has 0 aliphatic carbocycles. The van der Waals surface area contributed by atoms with Gasteiger partial charge in [0.25, 0.3) is 0 Å². The summed E-state index contributed by atoms with van der Waals surface area (Å²) in [4.78, 5) is 12.0. The van der Waals surface area contributed by atoms with Crippen LogP contribution in [-0.2, 0) is 11.2 Å². The number of hydrogen-bond acceptors (Lipinski definition) is 5. The fraction of sp³-hybridized carbons (Fsp3) is 0.211. The zero-order valence-electron chi connectivity index (χ0n) is 14.6. The van der Waals surface area contributed by atoms with E-state index >= 15 is 0 Å². The number of aryl methyl sites for hydroxylation is 1. The van der Waals surface area contributed by atoms with Crippen molar-refractivity contribution in [1.29, 1.82) is 0 Å². The monoisotopic (exact) mass is 385 g/mol. The van der Waals surface area contributed by atoms with Gasteiger partial charge in [0, 0.05) is 12.1 Å². The van der Waals surface area contributed by atoms with Crippen LogP contribution in [0.2, 0.25) is 0 Å². The Balaban J connectivity index is 1.45. The van der Waals surface area contributed by atoms with Crippen LogP contribution in [0.3, 0.4) is 0 Å². The van der Waals surface area contributed by atoms with E-state index in [1.54, 1.807) is 12.1 Å². The number of carbonyl (C=O) groups excluding carboxylic acids is 1. The number of benzene rings is 2. The minimum Gasteiger partial charge on any atom is -0.355 e. The fourth-order valence-corrected chi connectivity index (χ4v) is 3.23. The first-order valence-electron chi connectivity index (χ1n) is 8.53. The van der Waals surface area contributed by atoms with Gasteiger partial charge >= 0.3 is 0 Å². The molecular weight excluding hydrogens is 365 g/mol. The van der Waals surface area contributed by atoms with Gasteiger partial charge in [0.2, 0.25) is 11.1 Å². The van der Waals surface area contributed by atoms with E-state index in [0.29, 0.717) is 23.1 Å². The summed E-state index contributed by atoms with van der Waals surface area (Å²) < 4.78 is 14.6. The fourth-order valence-electron chi connectivity index (χ4n) is 2.55. The third-order valence-corrected chi connectivity index (χ3v) is 4.83. The Kier molecular flexibility index (Phi) is 6.43. The molecule has 0 radical (unpaired) electrons. The summed E-state index contributed by atoms with van der Waals surface area (Å²) in [5.41, 5.74) is 1.78. The number of amides is 1. The summed E-state index contributed by atoms with van der Waals surface area (Å²) in [5, 5.41) is 11.2. The van der Waals surface area contributed by atoms with Crippen LogP contribution < -0.4 is 11.2 Å². The van der Waals surface area contributed by atoms with Crippen molar-refractivity contribution in [2.45, 2.75) is 18.0 Å². The third-order valence-electron chi connectivity index (χ3n) is 3.89. The quantitative estimate of drug-likeness (QED) is 0.354. The number of rotatable bonds is 8.